The first-order chi connectivity index (χ1) is 13.6. The Labute approximate surface area is 163 Å². The molecule has 1 aliphatic carbocycles. The molecule has 28 heavy (non-hydrogen) atoms. The van der Waals surface area contributed by atoms with Gasteiger partial charge in [0.15, 0.2) is 0 Å². The third kappa shape index (κ3) is 3.84. The van der Waals surface area contributed by atoms with Gasteiger partial charge in [-0.25, -0.2) is 14.7 Å². The Morgan fingerprint density at radius 2 is 1.93 bits per heavy atom. The van der Waals surface area contributed by atoms with Crippen molar-refractivity contribution in [1.29, 1.82) is 0 Å². The Balaban J connectivity index is 1.62. The lowest BCUT2D eigenvalue weighted by molar-refractivity contribution is 0.0159. The van der Waals surface area contributed by atoms with Crippen LogP contribution in [0.5, 0.6) is 0 Å². The van der Waals surface area contributed by atoms with E-state index >= 15 is 0 Å². The molecule has 7 heteroatoms. The van der Waals surface area contributed by atoms with Crippen LogP contribution < -0.4 is 4.90 Å². The van der Waals surface area contributed by atoms with Crippen molar-refractivity contribution in [2.24, 2.45) is 0 Å². The summed E-state index contributed by atoms with van der Waals surface area (Å²) in [6.45, 7) is 1.89. The van der Waals surface area contributed by atoms with E-state index in [0.29, 0.717) is 11.5 Å². The van der Waals surface area contributed by atoms with Crippen molar-refractivity contribution >= 4 is 28.5 Å². The smallest absolute Gasteiger partial charge is 0.420 e. The summed E-state index contributed by atoms with van der Waals surface area (Å²) in [6, 6.07) is 7.44. The van der Waals surface area contributed by atoms with Gasteiger partial charge >= 0.3 is 6.09 Å². The minimum atomic E-state index is -0.426. The summed E-state index contributed by atoms with van der Waals surface area (Å²) < 4.78 is 11.3. The third-order valence-corrected chi connectivity index (χ3v) is 5.19. The first-order valence-electron chi connectivity index (χ1n) is 9.53. The molecule has 7 nitrogen and oxygen atoms in total. The molecule has 0 radical (unpaired) electrons. The number of nitrogens with one attached hydrogen (secondary N) is 1. The molecular formula is C21H24N4O3. The van der Waals surface area contributed by atoms with Crippen molar-refractivity contribution in [3.63, 3.8) is 0 Å². The standard InChI is InChI=1S/C21H24N4O3/c1-14-11-16(8-10-22-14)25(20-12-19-15(13-24-20)7-9-23-19)21(26)28-18-5-3-17(27-2)4-6-18/h7-13,17-18,23H,3-6H2,1-2H3. The zero-order chi connectivity index (χ0) is 19.5. The van der Waals surface area contributed by atoms with Gasteiger partial charge in [0.25, 0.3) is 0 Å². The lowest BCUT2D eigenvalue weighted by Crippen LogP contribution is -2.34. The van der Waals surface area contributed by atoms with E-state index in [4.69, 9.17) is 9.47 Å². The van der Waals surface area contributed by atoms with E-state index in [1.807, 2.05) is 31.3 Å². The highest BCUT2D eigenvalue weighted by Crippen LogP contribution is 2.29. The summed E-state index contributed by atoms with van der Waals surface area (Å²) in [6.07, 6.45) is 8.40. The highest BCUT2D eigenvalue weighted by Gasteiger charge is 2.28. The molecule has 1 saturated carbocycles. The lowest BCUT2D eigenvalue weighted by Gasteiger charge is -2.29. The van der Waals surface area contributed by atoms with Crippen LogP contribution in [0.4, 0.5) is 16.3 Å². The molecule has 1 amide bonds. The second-order valence-electron chi connectivity index (χ2n) is 7.12. The summed E-state index contributed by atoms with van der Waals surface area (Å²) in [5, 5.41) is 0.987. The largest absolute Gasteiger partial charge is 0.446 e. The van der Waals surface area contributed by atoms with Gasteiger partial charge in [-0.05, 0) is 50.8 Å². The fourth-order valence-electron chi connectivity index (χ4n) is 3.64. The SMILES string of the molecule is COC1CCC(OC(=O)N(c2ccnc(C)c2)c2cc3[nH]ccc3cn2)CC1. The van der Waals surface area contributed by atoms with Crippen LogP contribution in [-0.2, 0) is 9.47 Å². The molecule has 0 saturated heterocycles. The van der Waals surface area contributed by atoms with Crippen molar-refractivity contribution in [3.05, 3.63) is 48.5 Å². The number of anilines is 2. The van der Waals surface area contributed by atoms with Crippen molar-refractivity contribution in [2.75, 3.05) is 12.0 Å². The molecule has 0 unspecified atom stereocenters. The molecule has 3 aromatic rings. The number of rotatable bonds is 4. The fraction of sp³-hybridized carbons (Fsp3) is 0.381. The highest BCUT2D eigenvalue weighted by atomic mass is 16.6. The predicted octanol–water partition coefficient (Wildman–Crippen LogP) is 4.50. The molecule has 146 valence electrons. The molecule has 4 rings (SSSR count). The number of carbonyl (C=O) groups is 1. The number of H-pyrrole nitrogens is 1. The predicted molar refractivity (Wildman–Crippen MR) is 107 cm³/mol. The first kappa shape index (κ1) is 18.4. The number of aryl methyl sites for hydroxylation is 1. The highest BCUT2D eigenvalue weighted by molar-refractivity contribution is 5.96. The molecule has 1 fully saturated rings. The van der Waals surface area contributed by atoms with E-state index in [1.165, 1.54) is 4.90 Å². The Morgan fingerprint density at radius 1 is 1.14 bits per heavy atom. The summed E-state index contributed by atoms with van der Waals surface area (Å²) in [5.74, 6) is 0.510. The van der Waals surface area contributed by atoms with E-state index in [1.54, 1.807) is 25.6 Å². The number of hydrogen-bond donors (Lipinski definition) is 1. The van der Waals surface area contributed by atoms with Gasteiger partial charge in [0.1, 0.15) is 11.9 Å². The molecule has 0 bridgehead atoms. The van der Waals surface area contributed by atoms with Gasteiger partial charge in [0.05, 0.1) is 17.3 Å². The van der Waals surface area contributed by atoms with Crippen LogP contribution in [-0.4, -0.2) is 40.4 Å². The average Bonchev–Trinajstić information content (AvgIpc) is 3.17. The lowest BCUT2D eigenvalue weighted by atomic mass is 9.95. The topological polar surface area (TPSA) is 80.3 Å². The molecule has 0 atom stereocenters. The van der Waals surface area contributed by atoms with Crippen LogP contribution in [0.15, 0.2) is 42.9 Å². The molecule has 0 aliphatic heterocycles. The Bertz CT molecular complexity index is 963. The second-order valence-corrected chi connectivity index (χ2v) is 7.12. The van der Waals surface area contributed by atoms with Gasteiger partial charge in [0, 0.05) is 42.8 Å². The summed E-state index contributed by atoms with van der Waals surface area (Å²) >= 11 is 0. The molecule has 3 aromatic heterocycles. The molecule has 1 N–H and O–H groups in total. The van der Waals surface area contributed by atoms with Gasteiger partial charge in [0.2, 0.25) is 0 Å². The van der Waals surface area contributed by atoms with Crippen LogP contribution in [0, 0.1) is 6.92 Å². The zero-order valence-electron chi connectivity index (χ0n) is 16.1. The van der Waals surface area contributed by atoms with Crippen molar-refractivity contribution in [3.8, 4) is 0 Å². The van der Waals surface area contributed by atoms with Gasteiger partial charge in [-0.1, -0.05) is 0 Å². The number of nitrogens with zero attached hydrogens (tertiary/aromatic N) is 3. The molecular weight excluding hydrogens is 356 g/mol. The fourth-order valence-corrected chi connectivity index (χ4v) is 3.64. The van der Waals surface area contributed by atoms with Gasteiger partial charge in [-0.3, -0.25) is 4.98 Å². The van der Waals surface area contributed by atoms with Crippen molar-refractivity contribution in [2.45, 2.75) is 44.8 Å². The Hall–Kier alpha value is -2.93. The van der Waals surface area contributed by atoms with Crippen molar-refractivity contribution < 1.29 is 14.3 Å². The second kappa shape index (κ2) is 7.98. The van der Waals surface area contributed by atoms with Crippen LogP contribution in [0.2, 0.25) is 0 Å². The Morgan fingerprint density at radius 3 is 2.68 bits per heavy atom. The summed E-state index contributed by atoms with van der Waals surface area (Å²) in [4.78, 5) is 26.5. The minimum absolute atomic E-state index is 0.112. The number of aromatic amines is 1. The van der Waals surface area contributed by atoms with E-state index in [2.05, 4.69) is 15.0 Å². The molecule has 3 heterocycles. The summed E-state index contributed by atoms with van der Waals surface area (Å²) in [5.41, 5.74) is 2.41. The average molecular weight is 380 g/mol. The van der Waals surface area contributed by atoms with E-state index in [0.717, 1.165) is 42.3 Å². The van der Waals surface area contributed by atoms with Crippen molar-refractivity contribution in [1.82, 2.24) is 15.0 Å². The van der Waals surface area contributed by atoms with Crippen LogP contribution >= 0.6 is 0 Å². The normalized spacial score (nSPS) is 19.5. The molecule has 1 aliphatic rings. The number of methoxy groups -OCH3 is 1. The minimum Gasteiger partial charge on any atom is -0.446 e. The van der Waals surface area contributed by atoms with E-state index < -0.39 is 6.09 Å². The monoisotopic (exact) mass is 380 g/mol. The summed E-state index contributed by atoms with van der Waals surface area (Å²) in [7, 11) is 1.73. The van der Waals surface area contributed by atoms with E-state index in [-0.39, 0.29) is 12.2 Å². The maximum Gasteiger partial charge on any atom is 0.420 e. The molecule has 0 aromatic carbocycles. The molecule has 0 spiro atoms. The number of aromatic nitrogens is 3. The number of amides is 1. The quantitative estimate of drug-likeness (QED) is 0.721. The van der Waals surface area contributed by atoms with Crippen LogP contribution in [0.25, 0.3) is 10.9 Å². The number of ether oxygens (including phenoxy) is 2. The van der Waals surface area contributed by atoms with Gasteiger partial charge in [-0.15, -0.1) is 0 Å². The van der Waals surface area contributed by atoms with Gasteiger partial charge in [-0.2, -0.15) is 0 Å². The maximum absolute atomic E-state index is 13.2. The van der Waals surface area contributed by atoms with Crippen LogP contribution in [0.1, 0.15) is 31.4 Å². The Kier molecular flexibility index (Phi) is 5.25. The number of hydrogen-bond acceptors (Lipinski definition) is 5. The van der Waals surface area contributed by atoms with E-state index in [9.17, 15) is 4.79 Å². The zero-order valence-corrected chi connectivity index (χ0v) is 16.1. The number of fused-ring (bicyclic) bond motifs is 1. The number of pyridine rings is 2. The maximum atomic E-state index is 13.2. The van der Waals surface area contributed by atoms with Gasteiger partial charge < -0.3 is 14.5 Å². The first-order valence-corrected chi connectivity index (χ1v) is 9.53. The van der Waals surface area contributed by atoms with Crippen LogP contribution in [0.3, 0.4) is 0 Å². The third-order valence-electron chi connectivity index (χ3n) is 5.19. The number of carbonyl (C=O) groups excluding carboxylic acids is 1.